The Morgan fingerprint density at radius 1 is 1.11 bits per heavy atom. The van der Waals surface area contributed by atoms with Crippen molar-refractivity contribution in [2.45, 2.75) is 50.6 Å². The quantitative estimate of drug-likeness (QED) is 0.827. The molecule has 8 heteroatoms. The third-order valence-electron chi connectivity index (χ3n) is 5.84. The summed E-state index contributed by atoms with van der Waals surface area (Å²) in [4.78, 5) is 38.1. The predicted molar refractivity (Wildman–Crippen MR) is 94.0 cm³/mol. The molecule has 2 aromatic rings. The smallest absolute Gasteiger partial charge is 0.255 e. The highest BCUT2D eigenvalue weighted by molar-refractivity contribution is 6.05. The number of aromatic nitrogens is 3. The van der Waals surface area contributed by atoms with E-state index < -0.39 is 11.9 Å². The number of imide groups is 1. The lowest BCUT2D eigenvalue weighted by atomic mass is 9.83. The number of hydrogen-bond donors (Lipinski definition) is 1. The molecule has 138 valence electrons. The van der Waals surface area contributed by atoms with E-state index in [-0.39, 0.29) is 18.2 Å². The molecule has 1 aromatic heterocycles. The number of carbonyl (C=O) groups excluding carboxylic acids is 3. The normalized spacial score (nSPS) is 22.6. The highest BCUT2D eigenvalue weighted by Gasteiger charge is 2.40. The van der Waals surface area contributed by atoms with Crippen LogP contribution in [0.4, 0.5) is 0 Å². The Morgan fingerprint density at radius 2 is 1.96 bits per heavy atom. The molecule has 2 aliphatic heterocycles. The molecule has 1 aromatic carbocycles. The summed E-state index contributed by atoms with van der Waals surface area (Å²) in [6, 6.07) is 4.90. The van der Waals surface area contributed by atoms with Crippen LogP contribution in [0.1, 0.15) is 59.6 Å². The van der Waals surface area contributed by atoms with Gasteiger partial charge in [0.15, 0.2) is 0 Å². The van der Waals surface area contributed by atoms with Gasteiger partial charge in [-0.15, -0.1) is 5.10 Å². The van der Waals surface area contributed by atoms with Crippen LogP contribution in [0.3, 0.4) is 0 Å². The molecule has 1 saturated carbocycles. The van der Waals surface area contributed by atoms with Crippen molar-refractivity contribution >= 4 is 17.7 Å². The van der Waals surface area contributed by atoms with Gasteiger partial charge in [0.1, 0.15) is 6.04 Å². The Kier molecular flexibility index (Phi) is 3.60. The number of hydrogen-bond acceptors (Lipinski definition) is 5. The first-order valence-electron chi connectivity index (χ1n) is 9.31. The molecule has 1 saturated heterocycles. The van der Waals surface area contributed by atoms with Crippen LogP contribution in [0, 0.1) is 0 Å². The molecule has 0 spiro atoms. The van der Waals surface area contributed by atoms with E-state index in [9.17, 15) is 14.4 Å². The van der Waals surface area contributed by atoms with Crippen LogP contribution in [0.5, 0.6) is 0 Å². The lowest BCUT2D eigenvalue weighted by Crippen LogP contribution is -2.52. The van der Waals surface area contributed by atoms with E-state index in [1.807, 2.05) is 18.3 Å². The molecular weight excluding hydrogens is 346 g/mol. The summed E-state index contributed by atoms with van der Waals surface area (Å²) in [7, 11) is 0. The topological polar surface area (TPSA) is 97.2 Å². The van der Waals surface area contributed by atoms with Gasteiger partial charge in [-0.2, -0.15) is 0 Å². The van der Waals surface area contributed by atoms with Crippen LogP contribution >= 0.6 is 0 Å². The highest BCUT2D eigenvalue weighted by atomic mass is 16.2. The van der Waals surface area contributed by atoms with Crippen LogP contribution in [-0.4, -0.2) is 43.7 Å². The Labute approximate surface area is 155 Å². The summed E-state index contributed by atoms with van der Waals surface area (Å²) < 4.78 is 1.73. The maximum atomic E-state index is 12.9. The number of piperidine rings is 1. The van der Waals surface area contributed by atoms with Gasteiger partial charge in [0, 0.05) is 30.0 Å². The second-order valence-electron chi connectivity index (χ2n) is 7.42. The van der Waals surface area contributed by atoms with Crippen molar-refractivity contribution < 1.29 is 14.4 Å². The summed E-state index contributed by atoms with van der Waals surface area (Å²) in [5, 5.41) is 10.9. The fraction of sp³-hybridized carbons (Fsp3) is 0.421. The molecule has 1 N–H and O–H groups in total. The average molecular weight is 365 g/mol. The standard InChI is InChI=1S/C19H19N5O3/c25-17-8-7-16(18(26)20-17)23-9-13-12(19(23)27)5-2-6-15(13)24-10-14(21-22-24)11-3-1-4-11/h2,5-6,10-11,16H,1,3-4,7-9H2,(H,20,25,26). The van der Waals surface area contributed by atoms with Crippen molar-refractivity contribution in [3.8, 4) is 5.69 Å². The van der Waals surface area contributed by atoms with E-state index in [2.05, 4.69) is 15.6 Å². The van der Waals surface area contributed by atoms with E-state index in [4.69, 9.17) is 0 Å². The van der Waals surface area contributed by atoms with Crippen molar-refractivity contribution in [3.63, 3.8) is 0 Å². The van der Waals surface area contributed by atoms with Gasteiger partial charge < -0.3 is 4.90 Å². The van der Waals surface area contributed by atoms with Gasteiger partial charge in [-0.1, -0.05) is 17.7 Å². The first kappa shape index (κ1) is 16.2. The number of benzene rings is 1. The molecule has 1 atom stereocenters. The highest BCUT2D eigenvalue weighted by Crippen LogP contribution is 2.36. The van der Waals surface area contributed by atoms with Crippen molar-refractivity contribution in [2.24, 2.45) is 0 Å². The number of rotatable bonds is 3. The Hall–Kier alpha value is -3.03. The van der Waals surface area contributed by atoms with Crippen molar-refractivity contribution in [1.82, 2.24) is 25.2 Å². The Bertz CT molecular complexity index is 962. The molecule has 3 heterocycles. The lowest BCUT2D eigenvalue weighted by Gasteiger charge is -2.29. The molecule has 3 amide bonds. The molecule has 1 aliphatic carbocycles. The van der Waals surface area contributed by atoms with Crippen molar-refractivity contribution in [3.05, 3.63) is 41.2 Å². The monoisotopic (exact) mass is 365 g/mol. The maximum absolute atomic E-state index is 12.9. The molecule has 8 nitrogen and oxygen atoms in total. The zero-order valence-corrected chi connectivity index (χ0v) is 14.7. The van der Waals surface area contributed by atoms with Crippen LogP contribution in [0.25, 0.3) is 5.69 Å². The summed E-state index contributed by atoms with van der Waals surface area (Å²) >= 11 is 0. The van der Waals surface area contributed by atoms with Crippen LogP contribution < -0.4 is 5.32 Å². The van der Waals surface area contributed by atoms with E-state index in [0.29, 0.717) is 24.4 Å². The second kappa shape index (κ2) is 6.00. The van der Waals surface area contributed by atoms with E-state index in [1.165, 1.54) is 6.42 Å². The zero-order chi connectivity index (χ0) is 18.5. The SMILES string of the molecule is O=C1CCC(N2Cc3c(cccc3-n3cc(C4CCC4)nn3)C2=O)C(=O)N1. The molecule has 2 fully saturated rings. The number of carbonyl (C=O) groups is 3. The Morgan fingerprint density at radius 3 is 2.70 bits per heavy atom. The van der Waals surface area contributed by atoms with E-state index in [1.54, 1.807) is 15.6 Å². The third kappa shape index (κ3) is 2.55. The van der Waals surface area contributed by atoms with Crippen LogP contribution in [0.15, 0.2) is 24.4 Å². The molecule has 3 aliphatic rings. The van der Waals surface area contributed by atoms with Gasteiger partial charge in [-0.3, -0.25) is 19.7 Å². The number of nitrogens with zero attached hydrogens (tertiary/aromatic N) is 4. The average Bonchev–Trinajstić information content (AvgIpc) is 3.19. The molecular formula is C19H19N5O3. The fourth-order valence-electron chi connectivity index (χ4n) is 4.07. The molecule has 0 bridgehead atoms. The summed E-state index contributed by atoms with van der Waals surface area (Å²) in [5.41, 5.74) is 3.23. The van der Waals surface area contributed by atoms with Gasteiger partial charge in [-0.25, -0.2) is 4.68 Å². The summed E-state index contributed by atoms with van der Waals surface area (Å²) in [6.45, 7) is 0.329. The second-order valence-corrected chi connectivity index (χ2v) is 7.42. The van der Waals surface area contributed by atoms with E-state index >= 15 is 0 Å². The minimum absolute atomic E-state index is 0.180. The van der Waals surface area contributed by atoms with Crippen molar-refractivity contribution in [1.29, 1.82) is 0 Å². The fourth-order valence-corrected chi connectivity index (χ4v) is 4.07. The minimum atomic E-state index is -0.614. The number of fused-ring (bicyclic) bond motifs is 1. The third-order valence-corrected chi connectivity index (χ3v) is 5.84. The minimum Gasteiger partial charge on any atom is -0.322 e. The van der Waals surface area contributed by atoms with Gasteiger partial charge in [0.25, 0.3) is 5.91 Å². The molecule has 0 radical (unpaired) electrons. The number of nitrogens with one attached hydrogen (secondary N) is 1. The van der Waals surface area contributed by atoms with Crippen LogP contribution in [-0.2, 0) is 16.1 Å². The van der Waals surface area contributed by atoms with Gasteiger partial charge in [-0.05, 0) is 31.4 Å². The number of amides is 3. The van der Waals surface area contributed by atoms with E-state index in [0.717, 1.165) is 29.8 Å². The summed E-state index contributed by atoms with van der Waals surface area (Å²) in [5.74, 6) is -0.382. The lowest BCUT2D eigenvalue weighted by molar-refractivity contribution is -0.136. The molecule has 27 heavy (non-hydrogen) atoms. The molecule has 5 rings (SSSR count). The Balaban J connectivity index is 1.46. The molecule has 1 unspecified atom stereocenters. The summed E-state index contributed by atoms with van der Waals surface area (Å²) in [6.07, 6.45) is 6.07. The van der Waals surface area contributed by atoms with Crippen LogP contribution in [0.2, 0.25) is 0 Å². The van der Waals surface area contributed by atoms with Gasteiger partial charge in [0.2, 0.25) is 11.8 Å². The largest absolute Gasteiger partial charge is 0.322 e. The van der Waals surface area contributed by atoms with Gasteiger partial charge in [0.05, 0.1) is 17.6 Å². The van der Waals surface area contributed by atoms with Gasteiger partial charge >= 0.3 is 0 Å². The first-order chi connectivity index (χ1) is 13.1. The maximum Gasteiger partial charge on any atom is 0.255 e. The zero-order valence-electron chi connectivity index (χ0n) is 14.7. The predicted octanol–water partition coefficient (Wildman–Crippen LogP) is 1.30. The first-order valence-corrected chi connectivity index (χ1v) is 9.31. The van der Waals surface area contributed by atoms with Crippen molar-refractivity contribution in [2.75, 3.05) is 0 Å².